The normalized spacial score (nSPS) is 19.3. The number of rotatable bonds is 9. The molecule has 0 aliphatic heterocycles. The molecular weight excluding hydrogens is 447 g/mol. The van der Waals surface area contributed by atoms with Crippen LogP contribution in [0, 0.1) is 10.8 Å². The molecule has 0 heterocycles. The van der Waals surface area contributed by atoms with Gasteiger partial charge >= 0.3 is 0 Å². The molecule has 3 rings (SSSR count). The highest BCUT2D eigenvalue weighted by Crippen LogP contribution is 2.68. The molecule has 1 aliphatic carbocycles. The maximum absolute atomic E-state index is 14.6. The van der Waals surface area contributed by atoms with Crippen molar-refractivity contribution < 1.29 is 18.7 Å². The summed E-state index contributed by atoms with van der Waals surface area (Å²) in [5, 5.41) is 6.56. The Morgan fingerprint density at radius 3 is 2.29 bits per heavy atom. The first-order valence-corrected chi connectivity index (χ1v) is 11.0. The lowest BCUT2D eigenvalue weighted by Crippen LogP contribution is -2.30. The number of halogens is 1. The molecule has 2 aromatic carbocycles. The molecule has 2 aromatic rings. The maximum Gasteiger partial charge on any atom is 0.235 e. The van der Waals surface area contributed by atoms with Crippen LogP contribution < -0.4 is 26.4 Å². The predicted octanol–water partition coefficient (Wildman–Crippen LogP) is 4.90. The van der Waals surface area contributed by atoms with Crippen LogP contribution >= 0.6 is 0 Å². The van der Waals surface area contributed by atoms with Crippen molar-refractivity contribution in [3.05, 3.63) is 78.7 Å². The lowest BCUT2D eigenvalue weighted by Gasteiger charge is -2.22. The molecule has 0 saturated heterocycles. The van der Waals surface area contributed by atoms with Crippen LogP contribution in [-0.2, 0) is 4.79 Å². The van der Waals surface area contributed by atoms with Gasteiger partial charge in [0, 0.05) is 16.8 Å². The molecular formula is C27H31FN4O3. The van der Waals surface area contributed by atoms with Gasteiger partial charge in [0.15, 0.2) is 17.3 Å². The smallest absolute Gasteiger partial charge is 0.235 e. The van der Waals surface area contributed by atoms with Crippen LogP contribution in [0.4, 0.5) is 10.1 Å². The summed E-state index contributed by atoms with van der Waals surface area (Å²) in [5.74, 6) is 5.78. The standard InChI is InChI=1S/C27H31FN4O3/c1-7-20(21(28)8-2)27(15-26(27,3)4)25(33)31-17-10-11-18(19(14-17)24(29)32-30)16-9-12-22(34-5)23(13-16)35-6/h7-14H,1-2,15,30H2,3-6H3,(H2,29,32)(H,31,33)/b21-20-. The first-order chi connectivity index (χ1) is 16.6. The van der Waals surface area contributed by atoms with Crippen LogP contribution in [0.3, 0.4) is 0 Å². The van der Waals surface area contributed by atoms with Crippen molar-refractivity contribution in [3.8, 4) is 22.6 Å². The van der Waals surface area contributed by atoms with Crippen LogP contribution in [-0.4, -0.2) is 26.0 Å². The number of amidine groups is 1. The summed E-state index contributed by atoms with van der Waals surface area (Å²) in [4.78, 5) is 13.5. The molecule has 0 spiro atoms. The van der Waals surface area contributed by atoms with Crippen LogP contribution in [0.25, 0.3) is 11.1 Å². The summed E-state index contributed by atoms with van der Waals surface area (Å²) in [7, 11) is 3.11. The van der Waals surface area contributed by atoms with E-state index in [2.05, 4.69) is 23.6 Å². The molecule has 1 unspecified atom stereocenters. The Balaban J connectivity index is 2.05. The number of nitrogens with one attached hydrogen (secondary N) is 1. The third-order valence-electron chi connectivity index (χ3n) is 6.61. The van der Waals surface area contributed by atoms with E-state index in [0.29, 0.717) is 29.2 Å². The Labute approximate surface area is 205 Å². The molecule has 184 valence electrons. The van der Waals surface area contributed by atoms with E-state index in [9.17, 15) is 9.18 Å². The van der Waals surface area contributed by atoms with Crippen molar-refractivity contribution in [2.24, 2.45) is 27.5 Å². The summed E-state index contributed by atoms with van der Waals surface area (Å²) in [6.45, 7) is 11.0. The predicted molar refractivity (Wildman–Crippen MR) is 138 cm³/mol. The van der Waals surface area contributed by atoms with Crippen LogP contribution in [0.15, 0.2) is 78.2 Å². The quantitative estimate of drug-likeness (QED) is 0.156. The fourth-order valence-electron chi connectivity index (χ4n) is 4.57. The van der Waals surface area contributed by atoms with E-state index in [4.69, 9.17) is 21.1 Å². The van der Waals surface area contributed by atoms with E-state index in [0.717, 1.165) is 17.2 Å². The largest absolute Gasteiger partial charge is 0.493 e. The van der Waals surface area contributed by atoms with Gasteiger partial charge in [-0.1, -0.05) is 45.2 Å². The Kier molecular flexibility index (Phi) is 7.05. The lowest BCUT2D eigenvalue weighted by molar-refractivity contribution is -0.120. The van der Waals surface area contributed by atoms with Crippen LogP contribution in [0.2, 0.25) is 0 Å². The van der Waals surface area contributed by atoms with Crippen molar-refractivity contribution in [1.82, 2.24) is 0 Å². The highest BCUT2D eigenvalue weighted by atomic mass is 19.1. The Hall–Kier alpha value is -4.07. The number of methoxy groups -OCH3 is 2. The first-order valence-electron chi connectivity index (χ1n) is 11.0. The van der Waals surface area contributed by atoms with Crippen molar-refractivity contribution in [1.29, 1.82) is 0 Å². The minimum atomic E-state index is -1.07. The second-order valence-electron chi connectivity index (χ2n) is 8.93. The van der Waals surface area contributed by atoms with E-state index in [1.54, 1.807) is 44.6 Å². The molecule has 0 radical (unpaired) electrons. The first kappa shape index (κ1) is 25.6. The Bertz CT molecular complexity index is 1250. The number of allylic oxidation sites excluding steroid dienone is 3. The Morgan fingerprint density at radius 1 is 1.11 bits per heavy atom. The zero-order chi connectivity index (χ0) is 26.0. The molecule has 35 heavy (non-hydrogen) atoms. The second-order valence-corrected chi connectivity index (χ2v) is 8.93. The number of hydrazone groups is 1. The molecule has 1 aliphatic rings. The molecule has 1 atom stereocenters. The van der Waals surface area contributed by atoms with Gasteiger partial charge in [0.2, 0.25) is 5.91 Å². The number of carbonyl (C=O) groups excluding carboxylic acids is 1. The average Bonchev–Trinajstić information content (AvgIpc) is 3.45. The number of hydrogen-bond donors (Lipinski definition) is 3. The van der Waals surface area contributed by atoms with Gasteiger partial charge in [-0.3, -0.25) is 4.79 Å². The lowest BCUT2D eigenvalue weighted by atomic mass is 9.85. The SMILES string of the molecule is C=C/C(F)=C(\C=C)C1(C(=O)Nc2ccc(-c3ccc(OC)c(OC)c3)c(/C(N)=N/N)c2)CC1(C)C. The summed E-state index contributed by atoms with van der Waals surface area (Å²) in [6.07, 6.45) is 2.95. The molecule has 0 bridgehead atoms. The number of hydrogen-bond acceptors (Lipinski definition) is 5. The average molecular weight is 479 g/mol. The number of nitrogens with zero attached hydrogens (tertiary/aromatic N) is 1. The third kappa shape index (κ3) is 4.39. The minimum Gasteiger partial charge on any atom is -0.493 e. The van der Waals surface area contributed by atoms with E-state index < -0.39 is 16.7 Å². The molecule has 1 fully saturated rings. The topological polar surface area (TPSA) is 112 Å². The van der Waals surface area contributed by atoms with Gasteiger partial charge < -0.3 is 26.4 Å². The fraction of sp³-hybridized carbons (Fsp3) is 0.259. The van der Waals surface area contributed by atoms with Crippen LogP contribution in [0.5, 0.6) is 11.5 Å². The zero-order valence-electron chi connectivity index (χ0n) is 20.4. The Morgan fingerprint density at radius 2 is 1.77 bits per heavy atom. The van der Waals surface area contributed by atoms with Gasteiger partial charge in [-0.15, -0.1) is 0 Å². The van der Waals surface area contributed by atoms with Crippen molar-refractivity contribution in [2.45, 2.75) is 20.3 Å². The van der Waals surface area contributed by atoms with E-state index >= 15 is 0 Å². The van der Waals surface area contributed by atoms with Gasteiger partial charge in [-0.05, 0) is 53.3 Å². The monoisotopic (exact) mass is 478 g/mol. The van der Waals surface area contributed by atoms with Crippen molar-refractivity contribution in [2.75, 3.05) is 19.5 Å². The molecule has 8 heteroatoms. The van der Waals surface area contributed by atoms with Crippen molar-refractivity contribution >= 4 is 17.4 Å². The van der Waals surface area contributed by atoms with E-state index in [1.807, 2.05) is 19.9 Å². The minimum absolute atomic E-state index is 0.0803. The summed E-state index contributed by atoms with van der Waals surface area (Å²) in [5.41, 5.74) is 7.28. The number of amides is 1. The summed E-state index contributed by atoms with van der Waals surface area (Å²) >= 11 is 0. The van der Waals surface area contributed by atoms with E-state index in [1.165, 1.54) is 6.08 Å². The number of nitrogens with two attached hydrogens (primary N) is 2. The third-order valence-corrected chi connectivity index (χ3v) is 6.61. The number of ether oxygens (including phenoxy) is 2. The second kappa shape index (κ2) is 9.66. The molecule has 1 amide bonds. The molecule has 1 saturated carbocycles. The van der Waals surface area contributed by atoms with Gasteiger partial charge in [-0.2, -0.15) is 5.10 Å². The van der Waals surface area contributed by atoms with Gasteiger partial charge in [-0.25, -0.2) is 4.39 Å². The number of anilines is 1. The fourth-order valence-corrected chi connectivity index (χ4v) is 4.57. The molecule has 5 N–H and O–H groups in total. The molecule has 7 nitrogen and oxygen atoms in total. The van der Waals surface area contributed by atoms with Gasteiger partial charge in [0.1, 0.15) is 5.83 Å². The maximum atomic E-state index is 14.6. The highest BCUT2D eigenvalue weighted by molar-refractivity contribution is 6.06. The number of carbonyl (C=O) groups is 1. The van der Waals surface area contributed by atoms with Crippen molar-refractivity contribution in [3.63, 3.8) is 0 Å². The van der Waals surface area contributed by atoms with Crippen LogP contribution in [0.1, 0.15) is 25.8 Å². The summed E-state index contributed by atoms with van der Waals surface area (Å²) < 4.78 is 25.3. The van der Waals surface area contributed by atoms with Gasteiger partial charge in [0.25, 0.3) is 0 Å². The summed E-state index contributed by atoms with van der Waals surface area (Å²) in [6, 6.07) is 10.6. The molecule has 0 aromatic heterocycles. The van der Waals surface area contributed by atoms with Gasteiger partial charge in [0.05, 0.1) is 19.6 Å². The highest BCUT2D eigenvalue weighted by Gasteiger charge is 2.68. The number of benzene rings is 2. The van der Waals surface area contributed by atoms with E-state index in [-0.39, 0.29) is 17.3 Å². The zero-order valence-corrected chi connectivity index (χ0v) is 20.4.